The Bertz CT molecular complexity index is 625. The van der Waals surface area contributed by atoms with Crippen molar-refractivity contribution < 1.29 is 9.18 Å². The summed E-state index contributed by atoms with van der Waals surface area (Å²) < 4.78 is 12.8. The number of rotatable bonds is 4. The van der Waals surface area contributed by atoms with Crippen molar-refractivity contribution >= 4 is 11.7 Å². The summed E-state index contributed by atoms with van der Waals surface area (Å²) in [6, 6.07) is 2.32. The smallest absolute Gasteiger partial charge is 0.223 e. The Labute approximate surface area is 142 Å². The lowest BCUT2D eigenvalue weighted by atomic mass is 10.0. The van der Waals surface area contributed by atoms with Gasteiger partial charge in [-0.2, -0.15) is 0 Å². The van der Waals surface area contributed by atoms with Crippen LogP contribution in [0.2, 0.25) is 0 Å². The van der Waals surface area contributed by atoms with Gasteiger partial charge in [-0.3, -0.25) is 9.18 Å². The number of carbonyl (C=O) groups excluding carboxylic acids is 1. The summed E-state index contributed by atoms with van der Waals surface area (Å²) >= 11 is 0. The minimum atomic E-state index is -0.384. The Hall–Kier alpha value is -1.72. The number of halogens is 1. The maximum atomic E-state index is 12.8. The minimum absolute atomic E-state index is 0.0962. The van der Waals surface area contributed by atoms with Gasteiger partial charge in [-0.15, -0.1) is 0 Å². The molecule has 130 valence electrons. The van der Waals surface area contributed by atoms with E-state index in [4.69, 9.17) is 4.98 Å². The number of hydrogen-bond donors (Lipinski definition) is 0. The molecule has 2 aliphatic heterocycles. The van der Waals surface area contributed by atoms with E-state index in [2.05, 4.69) is 16.0 Å². The van der Waals surface area contributed by atoms with Crippen LogP contribution in [0.3, 0.4) is 0 Å². The summed E-state index contributed by atoms with van der Waals surface area (Å²) in [6.45, 7) is 4.04. The van der Waals surface area contributed by atoms with Gasteiger partial charge in [0.15, 0.2) is 0 Å². The number of piperidine rings is 1. The molecule has 1 aliphatic carbocycles. The highest BCUT2D eigenvalue weighted by molar-refractivity contribution is 5.79. The molecule has 6 heteroatoms. The molecule has 4 rings (SSSR count). The van der Waals surface area contributed by atoms with Gasteiger partial charge in [0.25, 0.3) is 0 Å². The van der Waals surface area contributed by atoms with E-state index in [-0.39, 0.29) is 24.5 Å². The van der Waals surface area contributed by atoms with Crippen LogP contribution in [-0.4, -0.2) is 53.1 Å². The fourth-order valence-corrected chi connectivity index (χ4v) is 3.93. The van der Waals surface area contributed by atoms with Crippen LogP contribution in [0.15, 0.2) is 6.07 Å². The average Bonchev–Trinajstić information content (AvgIpc) is 3.37. The van der Waals surface area contributed by atoms with Crippen molar-refractivity contribution in [2.75, 3.05) is 31.2 Å². The first kappa shape index (κ1) is 15.8. The van der Waals surface area contributed by atoms with Crippen LogP contribution in [0.25, 0.3) is 0 Å². The number of aromatic nitrogens is 2. The molecule has 0 radical (unpaired) electrons. The molecule has 1 amide bonds. The Morgan fingerprint density at radius 3 is 2.58 bits per heavy atom. The highest BCUT2D eigenvalue weighted by Crippen LogP contribution is 2.39. The summed E-state index contributed by atoms with van der Waals surface area (Å²) in [5.74, 6) is 2.61. The van der Waals surface area contributed by atoms with Gasteiger partial charge in [0.2, 0.25) is 5.91 Å². The predicted molar refractivity (Wildman–Crippen MR) is 89.8 cm³/mol. The Kier molecular flexibility index (Phi) is 4.14. The highest BCUT2D eigenvalue weighted by atomic mass is 19.1. The van der Waals surface area contributed by atoms with E-state index in [1.165, 1.54) is 12.8 Å². The van der Waals surface area contributed by atoms with E-state index in [9.17, 15) is 9.18 Å². The van der Waals surface area contributed by atoms with Gasteiger partial charge < -0.3 is 9.80 Å². The van der Waals surface area contributed by atoms with Crippen LogP contribution in [-0.2, 0) is 4.79 Å². The Morgan fingerprint density at radius 1 is 1.21 bits per heavy atom. The van der Waals surface area contributed by atoms with Crippen molar-refractivity contribution in [2.45, 2.75) is 51.0 Å². The van der Waals surface area contributed by atoms with Crippen LogP contribution >= 0.6 is 0 Å². The summed E-state index contributed by atoms with van der Waals surface area (Å²) in [4.78, 5) is 25.7. The molecule has 1 aromatic heterocycles. The zero-order chi connectivity index (χ0) is 16.7. The van der Waals surface area contributed by atoms with Crippen LogP contribution in [0.4, 0.5) is 10.2 Å². The van der Waals surface area contributed by atoms with Gasteiger partial charge in [0, 0.05) is 55.7 Å². The van der Waals surface area contributed by atoms with Crippen LogP contribution in [0, 0.1) is 12.8 Å². The van der Waals surface area contributed by atoms with Crippen molar-refractivity contribution in [1.29, 1.82) is 0 Å². The first-order chi connectivity index (χ1) is 11.6. The zero-order valence-corrected chi connectivity index (χ0v) is 14.2. The lowest BCUT2D eigenvalue weighted by molar-refractivity contribution is -0.130. The van der Waals surface area contributed by atoms with E-state index in [1.54, 1.807) is 0 Å². The predicted octanol–water partition coefficient (Wildman–Crippen LogP) is 2.45. The number of nitrogens with zero attached hydrogens (tertiary/aromatic N) is 4. The molecule has 1 unspecified atom stereocenters. The molecule has 0 spiro atoms. The van der Waals surface area contributed by atoms with E-state index < -0.39 is 0 Å². The summed E-state index contributed by atoms with van der Waals surface area (Å²) in [5, 5.41) is 0. The molecular formula is C18H25FN4O. The van der Waals surface area contributed by atoms with Crippen molar-refractivity contribution in [3.63, 3.8) is 0 Å². The van der Waals surface area contributed by atoms with Gasteiger partial charge in [-0.25, -0.2) is 9.97 Å². The second-order valence-corrected chi connectivity index (χ2v) is 7.49. The van der Waals surface area contributed by atoms with E-state index in [1.807, 2.05) is 11.8 Å². The monoisotopic (exact) mass is 332 g/mol. The first-order valence-corrected chi connectivity index (χ1v) is 9.10. The SMILES string of the molecule is Cc1cc(N2CCC(N3CC(CF)CC3=O)CC2)nc(C2CC2)n1. The standard InChI is InChI=1S/C18H25FN4O/c1-12-8-16(21-18(20-12)14-2-3-14)22-6-4-15(5-7-22)23-11-13(10-19)9-17(23)24/h8,13-15H,2-7,9-11H2,1H3. The van der Waals surface area contributed by atoms with Crippen LogP contribution < -0.4 is 4.90 Å². The second-order valence-electron chi connectivity index (χ2n) is 7.49. The first-order valence-electron chi connectivity index (χ1n) is 9.10. The van der Waals surface area contributed by atoms with Gasteiger partial charge >= 0.3 is 0 Å². The maximum Gasteiger partial charge on any atom is 0.223 e. The largest absolute Gasteiger partial charge is 0.356 e. The Balaban J connectivity index is 1.40. The molecule has 1 aromatic rings. The average molecular weight is 332 g/mol. The molecule has 3 aliphatic rings. The summed E-state index contributed by atoms with van der Waals surface area (Å²) in [7, 11) is 0. The topological polar surface area (TPSA) is 49.3 Å². The number of hydrogen-bond acceptors (Lipinski definition) is 4. The molecule has 0 aromatic carbocycles. The van der Waals surface area contributed by atoms with E-state index >= 15 is 0 Å². The number of aryl methyl sites for hydroxylation is 1. The fourth-order valence-electron chi connectivity index (χ4n) is 3.93. The molecule has 3 fully saturated rings. The fraction of sp³-hybridized carbons (Fsp3) is 0.722. The van der Waals surface area contributed by atoms with Crippen LogP contribution in [0.1, 0.15) is 49.5 Å². The number of amides is 1. The summed E-state index contributed by atoms with van der Waals surface area (Å²) in [6.07, 6.45) is 4.67. The second kappa shape index (κ2) is 6.30. The zero-order valence-electron chi connectivity index (χ0n) is 14.2. The number of alkyl halides is 1. The molecular weight excluding hydrogens is 307 g/mol. The van der Waals surface area contributed by atoms with Crippen LogP contribution in [0.5, 0.6) is 0 Å². The number of anilines is 1. The molecule has 0 N–H and O–H groups in total. The van der Waals surface area contributed by atoms with Crippen molar-refractivity contribution in [1.82, 2.24) is 14.9 Å². The molecule has 0 bridgehead atoms. The normalized spacial score (nSPS) is 25.6. The third-order valence-electron chi connectivity index (χ3n) is 5.49. The maximum absolute atomic E-state index is 12.8. The van der Waals surface area contributed by atoms with Gasteiger partial charge in [-0.05, 0) is 32.6 Å². The summed E-state index contributed by atoms with van der Waals surface area (Å²) in [5.41, 5.74) is 1.03. The highest BCUT2D eigenvalue weighted by Gasteiger charge is 2.36. The lowest BCUT2D eigenvalue weighted by Gasteiger charge is -2.37. The molecule has 24 heavy (non-hydrogen) atoms. The van der Waals surface area contributed by atoms with Crippen molar-refractivity contribution in [3.8, 4) is 0 Å². The minimum Gasteiger partial charge on any atom is -0.356 e. The third kappa shape index (κ3) is 3.10. The molecule has 3 heterocycles. The lowest BCUT2D eigenvalue weighted by Crippen LogP contribution is -2.46. The Morgan fingerprint density at radius 2 is 1.96 bits per heavy atom. The number of carbonyl (C=O) groups is 1. The van der Waals surface area contributed by atoms with E-state index in [0.717, 1.165) is 43.3 Å². The molecule has 2 saturated heterocycles. The molecule has 1 atom stereocenters. The molecule has 5 nitrogen and oxygen atoms in total. The van der Waals surface area contributed by atoms with E-state index in [0.29, 0.717) is 18.9 Å². The van der Waals surface area contributed by atoms with Gasteiger partial charge in [0.05, 0.1) is 6.67 Å². The van der Waals surface area contributed by atoms with Crippen molar-refractivity contribution in [3.05, 3.63) is 17.6 Å². The molecule has 1 saturated carbocycles. The third-order valence-corrected chi connectivity index (χ3v) is 5.49. The van der Waals surface area contributed by atoms with Gasteiger partial charge in [0.1, 0.15) is 11.6 Å². The quantitative estimate of drug-likeness (QED) is 0.850. The van der Waals surface area contributed by atoms with Crippen molar-refractivity contribution in [2.24, 2.45) is 5.92 Å². The van der Waals surface area contributed by atoms with Gasteiger partial charge in [-0.1, -0.05) is 0 Å². The number of likely N-dealkylation sites (tertiary alicyclic amines) is 1.